The van der Waals surface area contributed by atoms with Crippen LogP contribution in [-0.2, 0) is 21.4 Å². The van der Waals surface area contributed by atoms with Crippen molar-refractivity contribution in [3.63, 3.8) is 0 Å². The van der Waals surface area contributed by atoms with E-state index in [1.807, 2.05) is 0 Å². The highest BCUT2D eigenvalue weighted by Gasteiger charge is 2.37. The van der Waals surface area contributed by atoms with Crippen LogP contribution in [0.5, 0.6) is 5.75 Å². The number of hydrogen-bond donors (Lipinski definition) is 1. The van der Waals surface area contributed by atoms with E-state index in [1.165, 1.54) is 28.6 Å². The molecular formula is C22H17Cl3N2O4S. The average molecular weight is 512 g/mol. The van der Waals surface area contributed by atoms with Gasteiger partial charge < -0.3 is 10.1 Å². The van der Waals surface area contributed by atoms with Crippen molar-refractivity contribution in [2.45, 2.75) is 17.5 Å². The van der Waals surface area contributed by atoms with E-state index in [1.54, 1.807) is 42.5 Å². The third-order valence-electron chi connectivity index (χ3n) is 4.90. The molecule has 3 aromatic rings. The summed E-state index contributed by atoms with van der Waals surface area (Å²) in [5.41, 5.74) is 1.03. The average Bonchev–Trinajstić information content (AvgIpc) is 2.77. The van der Waals surface area contributed by atoms with Gasteiger partial charge in [-0.2, -0.15) is 0 Å². The second kappa shape index (κ2) is 9.19. The van der Waals surface area contributed by atoms with E-state index in [-0.39, 0.29) is 18.0 Å². The number of carbonyl (C=O) groups is 1. The van der Waals surface area contributed by atoms with Crippen LogP contribution < -0.4 is 14.4 Å². The van der Waals surface area contributed by atoms with Crippen molar-refractivity contribution in [1.29, 1.82) is 0 Å². The Kier molecular flexibility index (Phi) is 6.53. The second-order valence-electron chi connectivity index (χ2n) is 7.02. The van der Waals surface area contributed by atoms with Gasteiger partial charge in [0.15, 0.2) is 6.10 Å². The summed E-state index contributed by atoms with van der Waals surface area (Å²) >= 11 is 18.0. The summed E-state index contributed by atoms with van der Waals surface area (Å²) in [7, 11) is -3.96. The fraction of sp³-hybridized carbons (Fsp3) is 0.136. The lowest BCUT2D eigenvalue weighted by Crippen LogP contribution is -2.50. The molecular weight excluding hydrogens is 495 g/mol. The maximum absolute atomic E-state index is 13.4. The number of para-hydroxylation sites is 2. The van der Waals surface area contributed by atoms with Gasteiger partial charge >= 0.3 is 0 Å². The first-order valence-electron chi connectivity index (χ1n) is 9.51. The van der Waals surface area contributed by atoms with Crippen LogP contribution >= 0.6 is 34.8 Å². The van der Waals surface area contributed by atoms with E-state index in [2.05, 4.69) is 5.32 Å². The molecule has 1 heterocycles. The summed E-state index contributed by atoms with van der Waals surface area (Å²) in [6.07, 6.45) is -1.06. The Hall–Kier alpha value is -2.45. The Bertz CT molecular complexity index is 1270. The number of rotatable bonds is 5. The monoisotopic (exact) mass is 510 g/mol. The first kappa shape index (κ1) is 22.7. The number of halogens is 3. The van der Waals surface area contributed by atoms with Crippen molar-refractivity contribution in [3.8, 4) is 5.75 Å². The smallest absolute Gasteiger partial charge is 0.264 e. The van der Waals surface area contributed by atoms with E-state index < -0.39 is 22.0 Å². The van der Waals surface area contributed by atoms with Gasteiger partial charge in [-0.25, -0.2) is 8.42 Å². The second-order valence-corrected chi connectivity index (χ2v) is 10.2. The van der Waals surface area contributed by atoms with Crippen LogP contribution in [0, 0.1) is 0 Å². The van der Waals surface area contributed by atoms with Crippen LogP contribution in [-0.4, -0.2) is 27.0 Å². The van der Waals surface area contributed by atoms with Gasteiger partial charge in [-0.3, -0.25) is 9.10 Å². The highest BCUT2D eigenvalue weighted by atomic mass is 35.5. The molecule has 0 fully saturated rings. The number of nitrogens with one attached hydrogen (secondary N) is 1. The van der Waals surface area contributed by atoms with Crippen molar-refractivity contribution in [3.05, 3.63) is 87.4 Å². The van der Waals surface area contributed by atoms with Crippen LogP contribution in [0.1, 0.15) is 5.56 Å². The number of amides is 1. The van der Waals surface area contributed by atoms with E-state index in [0.29, 0.717) is 32.1 Å². The Morgan fingerprint density at radius 1 is 1.00 bits per heavy atom. The summed E-state index contributed by atoms with van der Waals surface area (Å²) in [5, 5.41) is 4.07. The fourth-order valence-electron chi connectivity index (χ4n) is 3.26. The van der Waals surface area contributed by atoms with Gasteiger partial charge in [-0.1, -0.05) is 53.0 Å². The van der Waals surface area contributed by atoms with E-state index in [0.717, 1.165) is 0 Å². The summed E-state index contributed by atoms with van der Waals surface area (Å²) < 4.78 is 33.7. The molecule has 0 aromatic heterocycles. The molecule has 10 heteroatoms. The molecule has 0 spiro atoms. The van der Waals surface area contributed by atoms with Gasteiger partial charge in [0.2, 0.25) is 0 Å². The third kappa shape index (κ3) is 4.66. The first-order chi connectivity index (χ1) is 15.3. The Labute approximate surface area is 200 Å². The predicted molar refractivity (Wildman–Crippen MR) is 125 cm³/mol. The molecule has 32 heavy (non-hydrogen) atoms. The quantitative estimate of drug-likeness (QED) is 0.528. The van der Waals surface area contributed by atoms with Crippen LogP contribution in [0.25, 0.3) is 0 Å². The normalized spacial score (nSPS) is 15.6. The van der Waals surface area contributed by atoms with Gasteiger partial charge in [0, 0.05) is 21.6 Å². The van der Waals surface area contributed by atoms with Crippen molar-refractivity contribution in [1.82, 2.24) is 5.32 Å². The minimum atomic E-state index is -3.96. The number of sulfonamides is 1. The summed E-state index contributed by atoms with van der Waals surface area (Å²) in [4.78, 5) is 12.9. The zero-order chi connectivity index (χ0) is 22.9. The maximum Gasteiger partial charge on any atom is 0.264 e. The van der Waals surface area contributed by atoms with Crippen molar-refractivity contribution in [2.24, 2.45) is 0 Å². The van der Waals surface area contributed by atoms with Crippen LogP contribution in [0.2, 0.25) is 15.1 Å². The number of anilines is 1. The number of hydrogen-bond acceptors (Lipinski definition) is 4. The number of carbonyl (C=O) groups excluding carboxylic acids is 1. The molecule has 1 aliphatic heterocycles. The molecule has 166 valence electrons. The standard InChI is InChI=1S/C22H17Cl3N2O4S/c23-15-7-9-17(10-8-15)32(29,30)27-13-21(31-20-4-2-1-3-19(20)27)22(28)26-12-14-5-6-16(24)11-18(14)25/h1-11,21H,12-13H2,(H,26,28)/t21-/m0/s1. The van der Waals surface area contributed by atoms with E-state index in [4.69, 9.17) is 39.5 Å². The third-order valence-corrected chi connectivity index (χ3v) is 7.53. The molecule has 3 aromatic carbocycles. The van der Waals surface area contributed by atoms with Crippen LogP contribution in [0.4, 0.5) is 5.69 Å². The topological polar surface area (TPSA) is 75.7 Å². The zero-order valence-corrected chi connectivity index (χ0v) is 19.5. The highest BCUT2D eigenvalue weighted by molar-refractivity contribution is 7.92. The first-order valence-corrected chi connectivity index (χ1v) is 12.1. The van der Waals surface area contributed by atoms with Gasteiger partial charge in [-0.15, -0.1) is 0 Å². The molecule has 0 saturated heterocycles. The molecule has 1 aliphatic rings. The van der Waals surface area contributed by atoms with Gasteiger partial charge in [-0.05, 0) is 54.1 Å². The number of nitrogens with zero attached hydrogens (tertiary/aromatic N) is 1. The molecule has 0 unspecified atom stereocenters. The summed E-state index contributed by atoms with van der Waals surface area (Å²) in [6, 6.07) is 17.5. The zero-order valence-electron chi connectivity index (χ0n) is 16.5. The lowest BCUT2D eigenvalue weighted by molar-refractivity contribution is -0.127. The largest absolute Gasteiger partial charge is 0.476 e. The molecule has 0 saturated carbocycles. The highest BCUT2D eigenvalue weighted by Crippen LogP contribution is 2.37. The number of ether oxygens (including phenoxy) is 1. The van der Waals surface area contributed by atoms with Gasteiger partial charge in [0.1, 0.15) is 5.75 Å². The van der Waals surface area contributed by atoms with Crippen LogP contribution in [0.3, 0.4) is 0 Å². The predicted octanol–water partition coefficient (Wildman–Crippen LogP) is 4.92. The molecule has 1 atom stereocenters. The molecule has 1 amide bonds. The summed E-state index contributed by atoms with van der Waals surface area (Å²) in [5.74, 6) is -0.178. The maximum atomic E-state index is 13.4. The Balaban J connectivity index is 1.59. The van der Waals surface area contributed by atoms with Gasteiger partial charge in [0.25, 0.3) is 15.9 Å². The number of benzene rings is 3. The minimum Gasteiger partial charge on any atom is -0.476 e. The molecule has 0 aliphatic carbocycles. The SMILES string of the molecule is O=C(NCc1ccc(Cl)cc1Cl)[C@@H]1CN(S(=O)(=O)c2ccc(Cl)cc2)c2ccccc2O1. The molecule has 0 radical (unpaired) electrons. The Morgan fingerprint density at radius 3 is 2.41 bits per heavy atom. The molecule has 6 nitrogen and oxygen atoms in total. The lowest BCUT2D eigenvalue weighted by atomic mass is 10.2. The minimum absolute atomic E-state index is 0.0608. The number of fused-ring (bicyclic) bond motifs is 1. The van der Waals surface area contributed by atoms with Crippen molar-refractivity contribution in [2.75, 3.05) is 10.8 Å². The van der Waals surface area contributed by atoms with Crippen LogP contribution in [0.15, 0.2) is 71.6 Å². The van der Waals surface area contributed by atoms with Crippen molar-refractivity contribution < 1.29 is 17.9 Å². The Morgan fingerprint density at radius 2 is 1.69 bits per heavy atom. The molecule has 4 rings (SSSR count). The van der Waals surface area contributed by atoms with Crippen molar-refractivity contribution >= 4 is 56.4 Å². The van der Waals surface area contributed by atoms with E-state index in [9.17, 15) is 13.2 Å². The summed E-state index contributed by atoms with van der Waals surface area (Å²) in [6.45, 7) is -0.0531. The lowest BCUT2D eigenvalue weighted by Gasteiger charge is -2.34. The fourth-order valence-corrected chi connectivity index (χ4v) is 5.34. The van der Waals surface area contributed by atoms with Gasteiger partial charge in [0.05, 0.1) is 17.1 Å². The molecule has 0 bridgehead atoms. The molecule has 1 N–H and O–H groups in total. The van der Waals surface area contributed by atoms with E-state index >= 15 is 0 Å².